The van der Waals surface area contributed by atoms with Crippen molar-refractivity contribution in [2.75, 3.05) is 18.4 Å². The van der Waals surface area contributed by atoms with Crippen molar-refractivity contribution in [2.45, 2.75) is 19.8 Å². The van der Waals surface area contributed by atoms with Crippen molar-refractivity contribution in [1.29, 1.82) is 0 Å². The fraction of sp³-hybridized carbons (Fsp3) is 0.467. The first-order valence-corrected chi connectivity index (χ1v) is 6.84. The Morgan fingerprint density at radius 2 is 2.10 bits per heavy atom. The number of aliphatic carboxylic acids is 1. The number of benzene rings is 1. The van der Waals surface area contributed by atoms with Gasteiger partial charge in [-0.15, -0.1) is 0 Å². The molecule has 20 heavy (non-hydrogen) atoms. The number of hydrogen-bond donors (Lipinski definition) is 3. The molecule has 2 rings (SSSR count). The van der Waals surface area contributed by atoms with Gasteiger partial charge in [-0.2, -0.15) is 0 Å². The monoisotopic (exact) mass is 276 g/mol. The minimum absolute atomic E-state index is 0.0122. The van der Waals surface area contributed by atoms with Crippen LogP contribution in [0.1, 0.15) is 25.3 Å². The predicted octanol–water partition coefficient (Wildman–Crippen LogP) is 1.67. The van der Waals surface area contributed by atoms with E-state index in [9.17, 15) is 9.59 Å². The average Bonchev–Trinajstić information content (AvgIpc) is 2.81. The fourth-order valence-corrected chi connectivity index (χ4v) is 2.46. The molecule has 0 fully saturated rings. The zero-order chi connectivity index (χ0) is 14.7. The van der Waals surface area contributed by atoms with E-state index in [0.29, 0.717) is 6.54 Å². The Kier molecular flexibility index (Phi) is 4.27. The van der Waals surface area contributed by atoms with E-state index in [1.54, 1.807) is 0 Å². The molecule has 2 unspecified atom stereocenters. The Balaban J connectivity index is 1.98. The van der Waals surface area contributed by atoms with Gasteiger partial charge in [-0.1, -0.05) is 32.0 Å². The standard InChI is InChI=1S/C15H20N2O3/c1-9(2)11(15(19)20)7-17-14(18)12-8-16-13-6-4-3-5-10(12)13/h3-6,9,11-12,16H,7-8H2,1-2H3,(H,17,18)(H,19,20). The van der Waals surface area contributed by atoms with Crippen LogP contribution in [0.15, 0.2) is 24.3 Å². The minimum Gasteiger partial charge on any atom is -0.481 e. The Labute approximate surface area is 118 Å². The van der Waals surface area contributed by atoms with Crippen LogP contribution in [0.5, 0.6) is 0 Å². The number of para-hydroxylation sites is 1. The van der Waals surface area contributed by atoms with E-state index < -0.39 is 11.9 Å². The Morgan fingerprint density at radius 1 is 1.40 bits per heavy atom. The zero-order valence-corrected chi connectivity index (χ0v) is 11.7. The van der Waals surface area contributed by atoms with E-state index >= 15 is 0 Å². The second-order valence-corrected chi connectivity index (χ2v) is 5.45. The summed E-state index contributed by atoms with van der Waals surface area (Å²) in [7, 11) is 0. The van der Waals surface area contributed by atoms with Crippen LogP contribution in [0.2, 0.25) is 0 Å². The molecule has 1 aliphatic heterocycles. The molecule has 1 heterocycles. The molecular formula is C15H20N2O3. The first kappa shape index (κ1) is 14.4. The van der Waals surface area contributed by atoms with Gasteiger partial charge >= 0.3 is 5.97 Å². The summed E-state index contributed by atoms with van der Waals surface area (Å²) in [5.41, 5.74) is 1.95. The van der Waals surface area contributed by atoms with Crippen molar-refractivity contribution in [1.82, 2.24) is 5.32 Å². The van der Waals surface area contributed by atoms with Gasteiger partial charge in [0.2, 0.25) is 5.91 Å². The number of nitrogens with one attached hydrogen (secondary N) is 2. The molecule has 5 heteroatoms. The topological polar surface area (TPSA) is 78.4 Å². The van der Waals surface area contributed by atoms with Crippen LogP contribution < -0.4 is 10.6 Å². The lowest BCUT2D eigenvalue weighted by molar-refractivity contribution is -0.143. The number of carbonyl (C=O) groups is 2. The number of amides is 1. The van der Waals surface area contributed by atoms with Crippen molar-refractivity contribution < 1.29 is 14.7 Å². The Bertz CT molecular complexity index is 514. The molecule has 0 bridgehead atoms. The molecule has 0 saturated heterocycles. The summed E-state index contributed by atoms with van der Waals surface area (Å²) in [5, 5.41) is 15.1. The quantitative estimate of drug-likeness (QED) is 0.764. The third kappa shape index (κ3) is 2.92. The van der Waals surface area contributed by atoms with Crippen LogP contribution >= 0.6 is 0 Å². The number of carboxylic acids is 1. The maximum absolute atomic E-state index is 12.2. The molecule has 0 saturated carbocycles. The molecule has 2 atom stereocenters. The molecular weight excluding hydrogens is 256 g/mol. The van der Waals surface area contributed by atoms with Crippen LogP contribution in [-0.4, -0.2) is 30.1 Å². The summed E-state index contributed by atoms with van der Waals surface area (Å²) in [6.07, 6.45) is 0. The van der Waals surface area contributed by atoms with Crippen molar-refractivity contribution in [3.63, 3.8) is 0 Å². The van der Waals surface area contributed by atoms with Crippen molar-refractivity contribution in [2.24, 2.45) is 11.8 Å². The average molecular weight is 276 g/mol. The molecule has 5 nitrogen and oxygen atoms in total. The zero-order valence-electron chi connectivity index (χ0n) is 11.7. The summed E-state index contributed by atoms with van der Waals surface area (Å²) < 4.78 is 0. The van der Waals surface area contributed by atoms with Crippen molar-refractivity contribution in [3.8, 4) is 0 Å². The van der Waals surface area contributed by atoms with E-state index in [-0.39, 0.29) is 24.3 Å². The minimum atomic E-state index is -0.870. The van der Waals surface area contributed by atoms with Crippen LogP contribution in [0, 0.1) is 11.8 Å². The molecule has 1 amide bonds. The first-order chi connectivity index (χ1) is 9.50. The SMILES string of the molecule is CC(C)C(CNC(=O)C1CNc2ccccc21)C(=O)O. The highest BCUT2D eigenvalue weighted by Gasteiger charge is 2.29. The maximum atomic E-state index is 12.2. The predicted molar refractivity (Wildman–Crippen MR) is 76.6 cm³/mol. The van der Waals surface area contributed by atoms with Gasteiger partial charge in [0, 0.05) is 18.8 Å². The number of anilines is 1. The Hall–Kier alpha value is -2.04. The molecule has 0 aliphatic carbocycles. The lowest BCUT2D eigenvalue weighted by atomic mass is 9.95. The summed E-state index contributed by atoms with van der Waals surface area (Å²) >= 11 is 0. The summed E-state index contributed by atoms with van der Waals surface area (Å²) in [6.45, 7) is 4.42. The molecule has 0 aromatic heterocycles. The first-order valence-electron chi connectivity index (χ1n) is 6.84. The number of hydrogen-bond acceptors (Lipinski definition) is 3. The largest absolute Gasteiger partial charge is 0.481 e. The third-order valence-electron chi connectivity index (χ3n) is 3.77. The third-order valence-corrected chi connectivity index (χ3v) is 3.77. The summed E-state index contributed by atoms with van der Waals surface area (Å²) in [4.78, 5) is 23.3. The van der Waals surface area contributed by atoms with Crippen molar-refractivity contribution >= 4 is 17.6 Å². The van der Waals surface area contributed by atoms with Crippen LogP contribution in [-0.2, 0) is 9.59 Å². The highest BCUT2D eigenvalue weighted by atomic mass is 16.4. The number of fused-ring (bicyclic) bond motifs is 1. The van der Waals surface area contributed by atoms with Gasteiger partial charge in [-0.3, -0.25) is 9.59 Å². The maximum Gasteiger partial charge on any atom is 0.308 e. The number of carboxylic acid groups (broad SMARTS) is 1. The molecule has 1 aromatic carbocycles. The molecule has 0 radical (unpaired) electrons. The van der Waals surface area contributed by atoms with Gasteiger partial charge in [0.25, 0.3) is 0 Å². The lowest BCUT2D eigenvalue weighted by Gasteiger charge is -2.18. The highest BCUT2D eigenvalue weighted by molar-refractivity contribution is 5.88. The van der Waals surface area contributed by atoms with Crippen LogP contribution in [0.3, 0.4) is 0 Å². The van der Waals surface area contributed by atoms with E-state index in [0.717, 1.165) is 11.3 Å². The van der Waals surface area contributed by atoms with E-state index in [4.69, 9.17) is 5.11 Å². The van der Waals surface area contributed by atoms with Gasteiger partial charge in [0.1, 0.15) is 0 Å². The lowest BCUT2D eigenvalue weighted by Crippen LogP contribution is -2.38. The molecule has 1 aliphatic rings. The van der Waals surface area contributed by atoms with Gasteiger partial charge < -0.3 is 15.7 Å². The molecule has 0 spiro atoms. The number of rotatable bonds is 5. The van der Waals surface area contributed by atoms with E-state index in [1.165, 1.54) is 0 Å². The van der Waals surface area contributed by atoms with E-state index in [1.807, 2.05) is 38.1 Å². The normalized spacial score (nSPS) is 18.2. The number of carbonyl (C=O) groups excluding carboxylic acids is 1. The Morgan fingerprint density at radius 3 is 2.75 bits per heavy atom. The van der Waals surface area contributed by atoms with Crippen LogP contribution in [0.4, 0.5) is 5.69 Å². The van der Waals surface area contributed by atoms with Gasteiger partial charge in [-0.05, 0) is 17.5 Å². The summed E-state index contributed by atoms with van der Waals surface area (Å²) in [6, 6.07) is 7.69. The van der Waals surface area contributed by atoms with Crippen LogP contribution in [0.25, 0.3) is 0 Å². The summed E-state index contributed by atoms with van der Waals surface area (Å²) in [5.74, 6) is -1.79. The molecule has 3 N–H and O–H groups in total. The van der Waals surface area contributed by atoms with Gasteiger partial charge in [0.05, 0.1) is 11.8 Å². The second-order valence-electron chi connectivity index (χ2n) is 5.45. The molecule has 108 valence electrons. The van der Waals surface area contributed by atoms with Gasteiger partial charge in [-0.25, -0.2) is 0 Å². The van der Waals surface area contributed by atoms with Crippen molar-refractivity contribution in [3.05, 3.63) is 29.8 Å². The van der Waals surface area contributed by atoms with E-state index in [2.05, 4.69) is 10.6 Å². The molecule has 1 aromatic rings. The fourth-order valence-electron chi connectivity index (χ4n) is 2.46. The smallest absolute Gasteiger partial charge is 0.308 e. The highest BCUT2D eigenvalue weighted by Crippen LogP contribution is 2.31. The second kappa shape index (κ2) is 5.94. The van der Waals surface area contributed by atoms with Gasteiger partial charge in [0.15, 0.2) is 0 Å².